The summed E-state index contributed by atoms with van der Waals surface area (Å²) in [6.45, 7) is 6.44. The lowest BCUT2D eigenvalue weighted by Crippen LogP contribution is -2.28. The molecule has 0 aliphatic heterocycles. The van der Waals surface area contributed by atoms with Gasteiger partial charge in [0.1, 0.15) is 12.4 Å². The Hall–Kier alpha value is -1.76. The third-order valence-electron chi connectivity index (χ3n) is 3.10. The van der Waals surface area contributed by atoms with E-state index in [1.165, 1.54) is 6.07 Å². The predicted octanol–water partition coefficient (Wildman–Crippen LogP) is 3.12. The number of likely N-dealkylation sites (N-methyl/N-ethyl adjacent to an activating group) is 1. The van der Waals surface area contributed by atoms with E-state index in [4.69, 9.17) is 9.84 Å². The second-order valence-electron chi connectivity index (χ2n) is 4.39. The number of carboxylic acid groups (broad SMARTS) is 1. The number of hydrogen-bond donors (Lipinski definition) is 1. The van der Waals surface area contributed by atoms with Crippen molar-refractivity contribution in [1.82, 2.24) is 4.90 Å². The van der Waals surface area contributed by atoms with Gasteiger partial charge < -0.3 is 14.7 Å². The summed E-state index contributed by atoms with van der Waals surface area (Å²) in [6, 6.07) is 2.88. The first-order chi connectivity index (χ1) is 9.79. The minimum absolute atomic E-state index is 0.0134. The van der Waals surface area contributed by atoms with E-state index in [1.54, 1.807) is 0 Å². The fourth-order valence-corrected chi connectivity index (χ4v) is 1.87. The summed E-state index contributed by atoms with van der Waals surface area (Å²) in [7, 11) is 0. The first-order valence-corrected chi connectivity index (χ1v) is 6.59. The van der Waals surface area contributed by atoms with Crippen molar-refractivity contribution in [1.29, 1.82) is 0 Å². The maximum atomic E-state index is 12.8. The molecule has 21 heavy (non-hydrogen) atoms. The number of nitrogens with zero attached hydrogens (tertiary/aromatic N) is 1. The average Bonchev–Trinajstić information content (AvgIpc) is 2.42. The summed E-state index contributed by atoms with van der Waals surface area (Å²) < 4.78 is 43.7. The van der Waals surface area contributed by atoms with E-state index in [9.17, 15) is 18.0 Å². The zero-order valence-electron chi connectivity index (χ0n) is 11.9. The molecule has 0 saturated carbocycles. The molecule has 0 saturated heterocycles. The topological polar surface area (TPSA) is 49.8 Å². The quantitative estimate of drug-likeness (QED) is 0.841. The highest BCUT2D eigenvalue weighted by Crippen LogP contribution is 2.34. The maximum absolute atomic E-state index is 12.8. The molecule has 1 N–H and O–H groups in total. The smallest absolute Gasteiger partial charge is 0.417 e. The number of ether oxygens (including phenoxy) is 1. The normalized spacial score (nSPS) is 11.7. The summed E-state index contributed by atoms with van der Waals surface area (Å²) in [5.41, 5.74) is -1.98. The Morgan fingerprint density at radius 2 is 1.90 bits per heavy atom. The SMILES string of the molecule is CCN(CC)CCOc1ccc(C(=O)O)c(C(F)(F)F)c1. The molecule has 118 valence electrons. The zero-order valence-corrected chi connectivity index (χ0v) is 11.9. The summed E-state index contributed by atoms with van der Waals surface area (Å²) in [5, 5.41) is 8.79. The molecule has 0 radical (unpaired) electrons. The van der Waals surface area contributed by atoms with Gasteiger partial charge in [0.15, 0.2) is 0 Å². The van der Waals surface area contributed by atoms with E-state index >= 15 is 0 Å². The Bertz CT molecular complexity index is 485. The van der Waals surface area contributed by atoms with Gasteiger partial charge in [0.25, 0.3) is 0 Å². The molecule has 0 bridgehead atoms. The van der Waals surface area contributed by atoms with Crippen LogP contribution in [-0.2, 0) is 6.18 Å². The van der Waals surface area contributed by atoms with Gasteiger partial charge in [-0.1, -0.05) is 13.8 Å². The fourth-order valence-electron chi connectivity index (χ4n) is 1.87. The molecule has 1 rings (SSSR count). The van der Waals surface area contributed by atoms with Gasteiger partial charge in [-0.25, -0.2) is 4.79 Å². The van der Waals surface area contributed by atoms with Crippen LogP contribution >= 0.6 is 0 Å². The Morgan fingerprint density at radius 1 is 1.29 bits per heavy atom. The third kappa shape index (κ3) is 4.93. The molecule has 0 atom stereocenters. The van der Waals surface area contributed by atoms with Crippen molar-refractivity contribution in [3.8, 4) is 5.75 Å². The largest absolute Gasteiger partial charge is 0.492 e. The lowest BCUT2D eigenvalue weighted by Gasteiger charge is -2.18. The van der Waals surface area contributed by atoms with Crippen molar-refractivity contribution >= 4 is 5.97 Å². The Kier molecular flexibility index (Phi) is 6.02. The minimum Gasteiger partial charge on any atom is -0.492 e. The Morgan fingerprint density at radius 3 is 2.38 bits per heavy atom. The van der Waals surface area contributed by atoms with Gasteiger partial charge in [0.05, 0.1) is 11.1 Å². The summed E-state index contributed by atoms with van der Waals surface area (Å²) in [5.74, 6) is -1.60. The number of halogens is 3. The van der Waals surface area contributed by atoms with Gasteiger partial charge in [0, 0.05) is 6.54 Å². The molecule has 0 aliphatic carbocycles. The second-order valence-corrected chi connectivity index (χ2v) is 4.39. The van der Waals surface area contributed by atoms with Crippen LogP contribution in [0.1, 0.15) is 29.8 Å². The van der Waals surface area contributed by atoms with Crippen LogP contribution < -0.4 is 4.74 Å². The van der Waals surface area contributed by atoms with Crippen molar-refractivity contribution in [2.24, 2.45) is 0 Å². The molecule has 0 unspecified atom stereocenters. The highest BCUT2D eigenvalue weighted by Gasteiger charge is 2.35. The molecule has 1 aromatic rings. The summed E-state index contributed by atoms with van der Waals surface area (Å²) in [4.78, 5) is 12.9. The number of benzene rings is 1. The van der Waals surface area contributed by atoms with Crippen molar-refractivity contribution in [2.45, 2.75) is 20.0 Å². The molecule has 4 nitrogen and oxygen atoms in total. The van der Waals surface area contributed by atoms with Crippen LogP contribution in [-0.4, -0.2) is 42.2 Å². The van der Waals surface area contributed by atoms with Gasteiger partial charge in [-0.05, 0) is 31.3 Å². The predicted molar refractivity (Wildman–Crippen MR) is 71.7 cm³/mol. The fraction of sp³-hybridized carbons (Fsp3) is 0.500. The van der Waals surface area contributed by atoms with E-state index in [0.29, 0.717) is 6.54 Å². The van der Waals surface area contributed by atoms with E-state index < -0.39 is 23.3 Å². The van der Waals surface area contributed by atoms with Crippen molar-refractivity contribution in [2.75, 3.05) is 26.2 Å². The van der Waals surface area contributed by atoms with Gasteiger partial charge in [-0.15, -0.1) is 0 Å². The number of rotatable bonds is 7. The molecule has 0 heterocycles. The monoisotopic (exact) mass is 305 g/mol. The van der Waals surface area contributed by atoms with Gasteiger partial charge in [0.2, 0.25) is 0 Å². The number of carboxylic acids is 1. The van der Waals surface area contributed by atoms with Crippen LogP contribution in [0.3, 0.4) is 0 Å². The first-order valence-electron chi connectivity index (χ1n) is 6.59. The number of carbonyl (C=O) groups is 1. The third-order valence-corrected chi connectivity index (χ3v) is 3.10. The molecule has 0 aromatic heterocycles. The second kappa shape index (κ2) is 7.31. The first kappa shape index (κ1) is 17.3. The van der Waals surface area contributed by atoms with Crippen molar-refractivity contribution in [3.05, 3.63) is 29.3 Å². The van der Waals surface area contributed by atoms with Crippen LogP contribution in [0.25, 0.3) is 0 Å². The lowest BCUT2D eigenvalue weighted by molar-refractivity contribution is -0.138. The van der Waals surface area contributed by atoms with Crippen LogP contribution in [0.15, 0.2) is 18.2 Å². The number of hydrogen-bond acceptors (Lipinski definition) is 3. The molecule has 7 heteroatoms. The van der Waals surface area contributed by atoms with Crippen LogP contribution in [0.2, 0.25) is 0 Å². The number of alkyl halides is 3. The number of aromatic carboxylic acids is 1. The zero-order chi connectivity index (χ0) is 16.0. The van der Waals surface area contributed by atoms with Crippen LogP contribution in [0, 0.1) is 0 Å². The Balaban J connectivity index is 2.84. The lowest BCUT2D eigenvalue weighted by atomic mass is 10.1. The molecule has 0 spiro atoms. The molecule has 1 aromatic carbocycles. The molecule has 0 fully saturated rings. The summed E-state index contributed by atoms with van der Waals surface area (Å²) >= 11 is 0. The van der Waals surface area contributed by atoms with Gasteiger partial charge in [-0.3, -0.25) is 0 Å². The van der Waals surface area contributed by atoms with Gasteiger partial charge >= 0.3 is 12.1 Å². The van der Waals surface area contributed by atoms with E-state index in [0.717, 1.165) is 25.2 Å². The van der Waals surface area contributed by atoms with Crippen LogP contribution in [0.4, 0.5) is 13.2 Å². The Labute approximate surface area is 121 Å². The van der Waals surface area contributed by atoms with Gasteiger partial charge in [-0.2, -0.15) is 13.2 Å². The van der Waals surface area contributed by atoms with E-state index in [1.807, 2.05) is 13.8 Å². The summed E-state index contributed by atoms with van der Waals surface area (Å²) in [6.07, 6.45) is -4.73. The molecule has 0 amide bonds. The molecule has 0 aliphatic rings. The highest BCUT2D eigenvalue weighted by molar-refractivity contribution is 5.89. The van der Waals surface area contributed by atoms with E-state index in [2.05, 4.69) is 4.90 Å². The van der Waals surface area contributed by atoms with Crippen molar-refractivity contribution < 1.29 is 27.8 Å². The maximum Gasteiger partial charge on any atom is 0.417 e. The molecular formula is C14H18F3NO3. The minimum atomic E-state index is -4.73. The average molecular weight is 305 g/mol. The standard InChI is InChI=1S/C14H18F3NO3/c1-3-18(4-2)7-8-21-10-5-6-11(13(19)20)12(9-10)14(15,16)17/h5-6,9H,3-4,7-8H2,1-2H3,(H,19,20). The van der Waals surface area contributed by atoms with Crippen LogP contribution in [0.5, 0.6) is 5.75 Å². The van der Waals surface area contributed by atoms with Crippen molar-refractivity contribution in [3.63, 3.8) is 0 Å². The highest BCUT2D eigenvalue weighted by atomic mass is 19.4. The molecular weight excluding hydrogens is 287 g/mol. The van der Waals surface area contributed by atoms with E-state index in [-0.39, 0.29) is 12.4 Å².